The van der Waals surface area contributed by atoms with Crippen LogP contribution in [0.2, 0.25) is 0 Å². The molecular formula is C22H24N4O3S. The fourth-order valence-corrected chi connectivity index (χ4v) is 4.16. The van der Waals surface area contributed by atoms with E-state index in [1.807, 2.05) is 35.2 Å². The van der Waals surface area contributed by atoms with Crippen molar-refractivity contribution in [3.05, 3.63) is 48.0 Å². The lowest BCUT2D eigenvalue weighted by molar-refractivity contribution is -0.134. The van der Waals surface area contributed by atoms with E-state index in [2.05, 4.69) is 27.6 Å². The van der Waals surface area contributed by atoms with Gasteiger partial charge in [-0.15, -0.1) is 10.2 Å². The monoisotopic (exact) mass is 424 g/mol. The van der Waals surface area contributed by atoms with Crippen molar-refractivity contribution >= 4 is 39.1 Å². The number of anilines is 1. The minimum Gasteiger partial charge on any atom is -0.493 e. The Bertz CT molecular complexity index is 995. The summed E-state index contributed by atoms with van der Waals surface area (Å²) in [5.41, 5.74) is 1.58. The molecule has 3 aromatic rings. The number of aromatic nitrogens is 2. The van der Waals surface area contributed by atoms with E-state index in [1.165, 1.54) is 11.3 Å². The van der Waals surface area contributed by atoms with E-state index in [4.69, 9.17) is 4.74 Å². The molecule has 0 aliphatic carbocycles. The second-order valence-electron chi connectivity index (χ2n) is 7.32. The van der Waals surface area contributed by atoms with Gasteiger partial charge in [-0.25, -0.2) is 0 Å². The summed E-state index contributed by atoms with van der Waals surface area (Å²) in [6, 6.07) is 14.1. The first-order chi connectivity index (χ1) is 14.7. The molecule has 1 fully saturated rings. The highest BCUT2D eigenvalue weighted by atomic mass is 32.1. The van der Waals surface area contributed by atoms with Gasteiger partial charge in [-0.05, 0) is 30.7 Å². The molecule has 0 unspecified atom stereocenters. The van der Waals surface area contributed by atoms with Crippen molar-refractivity contribution in [2.75, 3.05) is 25.0 Å². The Morgan fingerprint density at radius 1 is 1.13 bits per heavy atom. The molecule has 7 nitrogen and oxygen atoms in total. The maximum absolute atomic E-state index is 12.5. The highest BCUT2D eigenvalue weighted by Gasteiger charge is 2.27. The number of rotatable bonds is 7. The number of likely N-dealkylation sites (tertiary alicyclic amines) is 1. The number of piperidine rings is 1. The summed E-state index contributed by atoms with van der Waals surface area (Å²) in [5, 5.41) is 13.1. The van der Waals surface area contributed by atoms with Crippen LogP contribution in [0.15, 0.2) is 48.0 Å². The van der Waals surface area contributed by atoms with Gasteiger partial charge in [0.2, 0.25) is 16.9 Å². The fraction of sp³-hybridized carbons (Fsp3) is 0.364. The fourth-order valence-electron chi connectivity index (χ4n) is 3.71. The van der Waals surface area contributed by atoms with Crippen molar-refractivity contribution in [1.29, 1.82) is 0 Å². The van der Waals surface area contributed by atoms with Gasteiger partial charge in [0.25, 0.3) is 0 Å². The summed E-state index contributed by atoms with van der Waals surface area (Å²) in [5.74, 6) is 0.845. The third-order valence-electron chi connectivity index (χ3n) is 5.35. The van der Waals surface area contributed by atoms with Gasteiger partial charge in [0.05, 0.1) is 6.61 Å². The number of fused-ring (bicyclic) bond motifs is 1. The molecule has 2 amide bonds. The minimum absolute atomic E-state index is 0.0395. The van der Waals surface area contributed by atoms with E-state index >= 15 is 0 Å². The number of hydrogen-bond acceptors (Lipinski definition) is 6. The second-order valence-corrected chi connectivity index (χ2v) is 8.15. The van der Waals surface area contributed by atoms with Gasteiger partial charge in [0, 0.05) is 30.8 Å². The van der Waals surface area contributed by atoms with E-state index in [9.17, 15) is 9.59 Å². The Kier molecular flexibility index (Phi) is 6.53. The third-order valence-corrected chi connectivity index (χ3v) is 5.96. The van der Waals surface area contributed by atoms with Crippen LogP contribution in [0.5, 0.6) is 5.75 Å². The van der Waals surface area contributed by atoms with Crippen molar-refractivity contribution in [2.45, 2.75) is 25.7 Å². The molecule has 0 radical (unpaired) electrons. The number of nitrogens with zero attached hydrogens (tertiary/aromatic N) is 3. The van der Waals surface area contributed by atoms with E-state index in [0.29, 0.717) is 50.5 Å². The van der Waals surface area contributed by atoms with E-state index < -0.39 is 0 Å². The van der Waals surface area contributed by atoms with Crippen LogP contribution in [0, 0.1) is 5.92 Å². The summed E-state index contributed by atoms with van der Waals surface area (Å²) >= 11 is 1.30. The van der Waals surface area contributed by atoms with Gasteiger partial charge in [0.1, 0.15) is 11.3 Å². The summed E-state index contributed by atoms with van der Waals surface area (Å²) < 4.78 is 5.92. The van der Waals surface area contributed by atoms with Crippen LogP contribution in [0.1, 0.15) is 25.7 Å². The van der Waals surface area contributed by atoms with Crippen LogP contribution in [-0.2, 0) is 9.59 Å². The Morgan fingerprint density at radius 3 is 2.73 bits per heavy atom. The van der Waals surface area contributed by atoms with Crippen LogP contribution < -0.4 is 10.1 Å². The molecule has 1 aromatic heterocycles. The van der Waals surface area contributed by atoms with Crippen LogP contribution in [0.25, 0.3) is 10.8 Å². The topological polar surface area (TPSA) is 84.4 Å². The zero-order valence-corrected chi connectivity index (χ0v) is 17.4. The van der Waals surface area contributed by atoms with Crippen LogP contribution >= 0.6 is 11.3 Å². The maximum atomic E-state index is 12.5. The molecule has 1 N–H and O–H groups in total. The Balaban J connectivity index is 1.18. The number of ether oxygens (including phenoxy) is 1. The molecule has 0 atom stereocenters. The van der Waals surface area contributed by atoms with Crippen molar-refractivity contribution in [3.8, 4) is 5.75 Å². The Hall–Kier alpha value is -3.00. The first kappa shape index (κ1) is 20.3. The number of benzene rings is 2. The lowest BCUT2D eigenvalue weighted by Crippen LogP contribution is -2.41. The maximum Gasteiger partial charge on any atom is 0.229 e. The smallest absolute Gasteiger partial charge is 0.229 e. The van der Waals surface area contributed by atoms with Gasteiger partial charge >= 0.3 is 0 Å². The molecule has 0 spiro atoms. The summed E-state index contributed by atoms with van der Waals surface area (Å²) in [6.45, 7) is 1.72. The predicted octanol–water partition coefficient (Wildman–Crippen LogP) is 3.73. The van der Waals surface area contributed by atoms with Gasteiger partial charge < -0.3 is 15.0 Å². The second kappa shape index (κ2) is 9.67. The molecule has 1 saturated heterocycles. The third kappa shape index (κ3) is 4.94. The van der Waals surface area contributed by atoms with Gasteiger partial charge in [-0.1, -0.05) is 47.7 Å². The summed E-state index contributed by atoms with van der Waals surface area (Å²) in [6.07, 6.45) is 2.46. The predicted molar refractivity (Wildman–Crippen MR) is 117 cm³/mol. The Morgan fingerprint density at radius 2 is 1.93 bits per heavy atom. The molecular weight excluding hydrogens is 400 g/mol. The van der Waals surface area contributed by atoms with E-state index in [0.717, 1.165) is 16.5 Å². The molecule has 1 aliphatic heterocycles. The van der Waals surface area contributed by atoms with E-state index in [-0.39, 0.29) is 17.7 Å². The standard InChI is InChI=1S/C22H24N4O3S/c27-20(9-4-14-29-19-8-3-6-16-5-1-2-7-18(16)19)26-12-10-17(11-13-26)21(28)24-22-25-23-15-30-22/h1-3,5-8,15,17H,4,9-14H2,(H,24,25,28). The molecule has 156 valence electrons. The van der Waals surface area contributed by atoms with E-state index in [1.54, 1.807) is 5.51 Å². The minimum atomic E-state index is -0.0901. The van der Waals surface area contributed by atoms with Gasteiger partial charge in [-0.3, -0.25) is 9.59 Å². The quantitative estimate of drug-likeness (QED) is 0.584. The number of amides is 2. The average Bonchev–Trinajstić information content (AvgIpc) is 3.30. The highest BCUT2D eigenvalue weighted by Crippen LogP contribution is 2.25. The molecule has 2 aromatic carbocycles. The molecule has 1 aliphatic rings. The van der Waals surface area contributed by atoms with Gasteiger partial charge in [0.15, 0.2) is 0 Å². The lowest BCUT2D eigenvalue weighted by Gasteiger charge is -2.31. The first-order valence-electron chi connectivity index (χ1n) is 10.2. The molecule has 4 rings (SSSR count). The number of nitrogens with one attached hydrogen (secondary N) is 1. The Labute approximate surface area is 179 Å². The largest absolute Gasteiger partial charge is 0.493 e. The number of carbonyl (C=O) groups is 2. The summed E-state index contributed by atoms with van der Waals surface area (Å²) in [4.78, 5) is 26.7. The zero-order chi connectivity index (χ0) is 20.8. The van der Waals surface area contributed by atoms with Crippen LogP contribution in [0.4, 0.5) is 5.13 Å². The van der Waals surface area contributed by atoms with Crippen molar-refractivity contribution in [2.24, 2.45) is 5.92 Å². The summed E-state index contributed by atoms with van der Waals surface area (Å²) in [7, 11) is 0. The van der Waals surface area contributed by atoms with Crippen molar-refractivity contribution < 1.29 is 14.3 Å². The highest BCUT2D eigenvalue weighted by molar-refractivity contribution is 7.13. The molecule has 0 saturated carbocycles. The SMILES string of the molecule is O=C(Nc1nncs1)C1CCN(C(=O)CCCOc2cccc3ccccc23)CC1. The average molecular weight is 425 g/mol. The normalized spacial score (nSPS) is 14.6. The molecule has 0 bridgehead atoms. The van der Waals surface area contributed by atoms with Crippen molar-refractivity contribution in [1.82, 2.24) is 15.1 Å². The van der Waals surface area contributed by atoms with Gasteiger partial charge in [-0.2, -0.15) is 0 Å². The van der Waals surface area contributed by atoms with Crippen LogP contribution in [-0.4, -0.2) is 46.6 Å². The number of hydrogen-bond donors (Lipinski definition) is 1. The van der Waals surface area contributed by atoms with Crippen LogP contribution in [0.3, 0.4) is 0 Å². The number of carbonyl (C=O) groups excluding carboxylic acids is 2. The zero-order valence-electron chi connectivity index (χ0n) is 16.6. The first-order valence-corrected chi connectivity index (χ1v) is 11.0. The van der Waals surface area contributed by atoms with Crippen molar-refractivity contribution in [3.63, 3.8) is 0 Å². The lowest BCUT2D eigenvalue weighted by atomic mass is 9.95. The molecule has 2 heterocycles. The molecule has 8 heteroatoms. The molecule has 30 heavy (non-hydrogen) atoms.